The predicted octanol–water partition coefficient (Wildman–Crippen LogP) is 1.74. The van der Waals surface area contributed by atoms with E-state index in [-0.39, 0.29) is 0 Å². The summed E-state index contributed by atoms with van der Waals surface area (Å²) in [5, 5.41) is 0. The second kappa shape index (κ2) is 5.29. The molecule has 0 aliphatic carbocycles. The van der Waals surface area contributed by atoms with Crippen molar-refractivity contribution in [3.8, 4) is 0 Å². The van der Waals surface area contributed by atoms with E-state index in [9.17, 15) is 0 Å². The standard InChI is InChI=1S/C9H13BrN2O/c1-7-3-9(12-6-11-7)4-8(10)5-13-2/h3,6,8H,4-5H2,1-2H3. The first-order valence-corrected chi connectivity index (χ1v) is 5.04. The number of ether oxygens (including phenoxy) is 1. The fraction of sp³-hybridized carbons (Fsp3) is 0.556. The lowest BCUT2D eigenvalue weighted by Gasteiger charge is -2.07. The summed E-state index contributed by atoms with van der Waals surface area (Å²) in [7, 11) is 1.69. The van der Waals surface area contributed by atoms with Gasteiger partial charge in [0.25, 0.3) is 0 Å². The fourth-order valence-electron chi connectivity index (χ4n) is 1.09. The molecular formula is C9H13BrN2O. The van der Waals surface area contributed by atoms with Gasteiger partial charge in [0.05, 0.1) is 6.61 Å². The van der Waals surface area contributed by atoms with Gasteiger partial charge in [-0.25, -0.2) is 9.97 Å². The molecule has 0 amide bonds. The van der Waals surface area contributed by atoms with Crippen LogP contribution < -0.4 is 0 Å². The molecule has 0 saturated carbocycles. The van der Waals surface area contributed by atoms with Gasteiger partial charge >= 0.3 is 0 Å². The molecule has 1 aromatic heterocycles. The molecule has 0 N–H and O–H groups in total. The number of alkyl halides is 1. The van der Waals surface area contributed by atoms with E-state index in [2.05, 4.69) is 25.9 Å². The van der Waals surface area contributed by atoms with E-state index < -0.39 is 0 Å². The lowest BCUT2D eigenvalue weighted by atomic mass is 10.2. The first-order chi connectivity index (χ1) is 6.22. The zero-order chi connectivity index (χ0) is 9.68. The highest BCUT2D eigenvalue weighted by atomic mass is 79.9. The number of hydrogen-bond donors (Lipinski definition) is 0. The van der Waals surface area contributed by atoms with E-state index in [4.69, 9.17) is 4.74 Å². The first-order valence-electron chi connectivity index (χ1n) is 4.13. The van der Waals surface area contributed by atoms with E-state index in [1.165, 1.54) is 0 Å². The highest BCUT2D eigenvalue weighted by molar-refractivity contribution is 9.09. The maximum atomic E-state index is 5.02. The molecule has 0 aliphatic heterocycles. The lowest BCUT2D eigenvalue weighted by Crippen LogP contribution is -2.11. The van der Waals surface area contributed by atoms with Crippen molar-refractivity contribution in [2.45, 2.75) is 18.2 Å². The summed E-state index contributed by atoms with van der Waals surface area (Å²) in [6.45, 7) is 2.66. The molecule has 72 valence electrons. The largest absolute Gasteiger partial charge is 0.384 e. The van der Waals surface area contributed by atoms with Crippen molar-refractivity contribution in [2.75, 3.05) is 13.7 Å². The molecule has 1 rings (SSSR count). The van der Waals surface area contributed by atoms with E-state index in [1.54, 1.807) is 13.4 Å². The van der Waals surface area contributed by atoms with Gasteiger partial charge in [0.15, 0.2) is 0 Å². The summed E-state index contributed by atoms with van der Waals surface area (Å²) >= 11 is 3.51. The maximum absolute atomic E-state index is 5.02. The van der Waals surface area contributed by atoms with Crippen LogP contribution in [-0.4, -0.2) is 28.5 Å². The Hall–Kier alpha value is -0.480. The van der Waals surface area contributed by atoms with Crippen LogP contribution in [0, 0.1) is 6.92 Å². The summed E-state index contributed by atoms with van der Waals surface area (Å²) in [5.41, 5.74) is 2.05. The molecule has 0 saturated heterocycles. The van der Waals surface area contributed by atoms with Gasteiger partial charge in [0, 0.05) is 29.7 Å². The molecule has 0 bridgehead atoms. The molecule has 0 radical (unpaired) electrons. The highest BCUT2D eigenvalue weighted by Gasteiger charge is 2.05. The van der Waals surface area contributed by atoms with Crippen molar-refractivity contribution in [3.63, 3.8) is 0 Å². The minimum atomic E-state index is 0.326. The Morgan fingerprint density at radius 1 is 1.54 bits per heavy atom. The number of halogens is 1. The molecule has 0 spiro atoms. The summed E-state index contributed by atoms with van der Waals surface area (Å²) in [5.74, 6) is 0. The Labute approximate surface area is 86.7 Å². The number of rotatable bonds is 4. The molecule has 13 heavy (non-hydrogen) atoms. The summed E-state index contributed by atoms with van der Waals surface area (Å²) in [6, 6.07) is 1.99. The molecule has 0 aliphatic rings. The number of hydrogen-bond acceptors (Lipinski definition) is 3. The minimum Gasteiger partial charge on any atom is -0.384 e. The molecule has 0 fully saturated rings. The molecule has 0 aromatic carbocycles. The number of aryl methyl sites for hydroxylation is 1. The summed E-state index contributed by atoms with van der Waals surface area (Å²) in [4.78, 5) is 8.53. The van der Waals surface area contributed by atoms with Gasteiger partial charge in [-0.1, -0.05) is 15.9 Å². The Morgan fingerprint density at radius 2 is 2.31 bits per heavy atom. The average Bonchev–Trinajstić information content (AvgIpc) is 2.04. The zero-order valence-electron chi connectivity index (χ0n) is 7.83. The van der Waals surface area contributed by atoms with Crippen LogP contribution >= 0.6 is 15.9 Å². The Bertz CT molecular complexity index is 268. The van der Waals surface area contributed by atoms with Gasteiger partial charge < -0.3 is 4.74 Å². The van der Waals surface area contributed by atoms with E-state index in [0.717, 1.165) is 17.8 Å². The summed E-state index contributed by atoms with van der Waals surface area (Å²) in [6.07, 6.45) is 2.47. The maximum Gasteiger partial charge on any atom is 0.115 e. The molecular weight excluding hydrogens is 232 g/mol. The zero-order valence-corrected chi connectivity index (χ0v) is 9.41. The van der Waals surface area contributed by atoms with Crippen LogP contribution in [0.3, 0.4) is 0 Å². The Morgan fingerprint density at radius 3 is 2.92 bits per heavy atom. The normalized spacial score (nSPS) is 12.8. The van der Waals surface area contributed by atoms with Crippen molar-refractivity contribution in [1.82, 2.24) is 9.97 Å². The minimum absolute atomic E-state index is 0.326. The number of aromatic nitrogens is 2. The Kier molecular flexibility index (Phi) is 4.32. The lowest BCUT2D eigenvalue weighted by molar-refractivity contribution is 0.200. The quantitative estimate of drug-likeness (QED) is 0.758. The van der Waals surface area contributed by atoms with Crippen LogP contribution in [0.15, 0.2) is 12.4 Å². The second-order valence-corrected chi connectivity index (χ2v) is 4.20. The van der Waals surface area contributed by atoms with Gasteiger partial charge in [-0.05, 0) is 13.0 Å². The SMILES string of the molecule is COCC(Br)Cc1cc(C)ncn1. The van der Waals surface area contributed by atoms with Crippen LogP contribution in [0.4, 0.5) is 0 Å². The van der Waals surface area contributed by atoms with Crippen LogP contribution in [-0.2, 0) is 11.2 Å². The van der Waals surface area contributed by atoms with Crippen LogP contribution in [0.2, 0.25) is 0 Å². The fourth-order valence-corrected chi connectivity index (χ4v) is 1.68. The summed E-state index contributed by atoms with van der Waals surface area (Å²) < 4.78 is 5.02. The van der Waals surface area contributed by atoms with Gasteiger partial charge in [-0.15, -0.1) is 0 Å². The van der Waals surface area contributed by atoms with Crippen LogP contribution in [0.1, 0.15) is 11.4 Å². The van der Waals surface area contributed by atoms with Gasteiger partial charge in [-0.3, -0.25) is 0 Å². The molecule has 3 nitrogen and oxygen atoms in total. The monoisotopic (exact) mass is 244 g/mol. The van der Waals surface area contributed by atoms with Crippen LogP contribution in [0.5, 0.6) is 0 Å². The van der Waals surface area contributed by atoms with E-state index in [0.29, 0.717) is 11.4 Å². The highest BCUT2D eigenvalue weighted by Crippen LogP contribution is 2.08. The topological polar surface area (TPSA) is 35.0 Å². The van der Waals surface area contributed by atoms with Crippen molar-refractivity contribution in [1.29, 1.82) is 0 Å². The van der Waals surface area contributed by atoms with Crippen molar-refractivity contribution >= 4 is 15.9 Å². The van der Waals surface area contributed by atoms with Crippen molar-refractivity contribution in [2.24, 2.45) is 0 Å². The molecule has 4 heteroatoms. The molecule has 1 unspecified atom stereocenters. The van der Waals surface area contributed by atoms with Gasteiger partial charge in [-0.2, -0.15) is 0 Å². The first kappa shape index (κ1) is 10.6. The molecule has 1 aromatic rings. The Balaban J connectivity index is 2.53. The smallest absolute Gasteiger partial charge is 0.115 e. The third kappa shape index (κ3) is 3.83. The molecule has 1 atom stereocenters. The number of methoxy groups -OCH3 is 1. The third-order valence-corrected chi connectivity index (χ3v) is 2.23. The third-order valence-electron chi connectivity index (χ3n) is 1.64. The van der Waals surface area contributed by atoms with E-state index in [1.807, 2.05) is 13.0 Å². The van der Waals surface area contributed by atoms with Crippen molar-refractivity contribution < 1.29 is 4.74 Å². The molecule has 1 heterocycles. The second-order valence-electron chi connectivity index (χ2n) is 2.91. The van der Waals surface area contributed by atoms with E-state index >= 15 is 0 Å². The van der Waals surface area contributed by atoms with Crippen LogP contribution in [0.25, 0.3) is 0 Å². The number of nitrogens with zero attached hydrogens (tertiary/aromatic N) is 2. The van der Waals surface area contributed by atoms with Gasteiger partial charge in [0.1, 0.15) is 6.33 Å². The average molecular weight is 245 g/mol. The predicted molar refractivity (Wildman–Crippen MR) is 55.1 cm³/mol. The van der Waals surface area contributed by atoms with Crippen molar-refractivity contribution in [3.05, 3.63) is 23.8 Å². The van der Waals surface area contributed by atoms with Gasteiger partial charge in [0.2, 0.25) is 0 Å².